The Morgan fingerprint density at radius 3 is 2.95 bits per heavy atom. The van der Waals surface area contributed by atoms with Gasteiger partial charge in [0.2, 0.25) is 0 Å². The third-order valence-corrected chi connectivity index (χ3v) is 3.74. The van der Waals surface area contributed by atoms with Gasteiger partial charge in [-0.05, 0) is 24.3 Å². The summed E-state index contributed by atoms with van der Waals surface area (Å²) in [6.07, 6.45) is 3.94. The van der Waals surface area contributed by atoms with Crippen molar-refractivity contribution in [2.24, 2.45) is 0 Å². The van der Waals surface area contributed by atoms with Crippen molar-refractivity contribution in [1.29, 1.82) is 0 Å². The molecule has 4 rings (SSSR count). The highest BCUT2D eigenvalue weighted by molar-refractivity contribution is 5.41. The fourth-order valence-corrected chi connectivity index (χ4v) is 2.64. The molecular formula is C17H17N3O2. The Bertz CT molecular complexity index is 784. The number of ether oxygens (including phenoxy) is 2. The molecule has 1 aliphatic rings. The summed E-state index contributed by atoms with van der Waals surface area (Å²) in [6, 6.07) is 13.8. The molecule has 0 aliphatic carbocycles. The highest BCUT2D eigenvalue weighted by Crippen LogP contribution is 2.30. The maximum Gasteiger partial charge on any atom is 0.161 e. The fourth-order valence-electron chi connectivity index (χ4n) is 2.64. The molecule has 1 atom stereocenters. The highest BCUT2D eigenvalue weighted by Gasteiger charge is 2.20. The van der Waals surface area contributed by atoms with E-state index < -0.39 is 0 Å². The number of hydrogen-bond donors (Lipinski definition) is 1. The van der Waals surface area contributed by atoms with Crippen LogP contribution >= 0.6 is 0 Å². The predicted molar refractivity (Wildman–Crippen MR) is 83.3 cm³/mol. The Balaban J connectivity index is 1.36. The third-order valence-electron chi connectivity index (χ3n) is 3.74. The summed E-state index contributed by atoms with van der Waals surface area (Å²) in [5.74, 6) is 1.64. The van der Waals surface area contributed by atoms with Crippen LogP contribution in [-0.2, 0) is 6.54 Å². The Kier molecular flexibility index (Phi) is 3.40. The quantitative estimate of drug-likeness (QED) is 0.802. The van der Waals surface area contributed by atoms with E-state index in [0.717, 1.165) is 35.9 Å². The van der Waals surface area contributed by atoms with Crippen molar-refractivity contribution >= 4 is 5.65 Å². The topological polar surface area (TPSA) is 47.8 Å². The van der Waals surface area contributed by atoms with Crippen molar-refractivity contribution in [3.63, 3.8) is 0 Å². The minimum absolute atomic E-state index is 0.0223. The number of imidazole rings is 1. The highest BCUT2D eigenvalue weighted by atomic mass is 16.6. The molecule has 1 N–H and O–H groups in total. The van der Waals surface area contributed by atoms with Gasteiger partial charge in [-0.3, -0.25) is 0 Å². The van der Waals surface area contributed by atoms with Gasteiger partial charge in [0.1, 0.15) is 18.4 Å². The van der Waals surface area contributed by atoms with Crippen molar-refractivity contribution < 1.29 is 9.47 Å². The lowest BCUT2D eigenvalue weighted by molar-refractivity contribution is 0.0901. The molecule has 5 nitrogen and oxygen atoms in total. The molecule has 0 saturated heterocycles. The molecule has 0 spiro atoms. The van der Waals surface area contributed by atoms with Crippen molar-refractivity contribution in [3.8, 4) is 11.5 Å². The Morgan fingerprint density at radius 2 is 2.00 bits per heavy atom. The average Bonchev–Trinajstić information content (AvgIpc) is 2.98. The first-order chi connectivity index (χ1) is 10.9. The van der Waals surface area contributed by atoms with Crippen molar-refractivity contribution in [3.05, 3.63) is 60.6 Å². The lowest BCUT2D eigenvalue weighted by Crippen LogP contribution is -2.38. The summed E-state index contributed by atoms with van der Waals surface area (Å²) in [4.78, 5) is 4.38. The number of para-hydroxylation sites is 2. The van der Waals surface area contributed by atoms with Crippen LogP contribution in [0.25, 0.3) is 5.65 Å². The Morgan fingerprint density at radius 1 is 1.14 bits per heavy atom. The average molecular weight is 295 g/mol. The number of benzene rings is 1. The van der Waals surface area contributed by atoms with E-state index in [-0.39, 0.29) is 6.10 Å². The van der Waals surface area contributed by atoms with Crippen LogP contribution in [0.1, 0.15) is 5.69 Å². The molecule has 3 aromatic rings. The van der Waals surface area contributed by atoms with Crippen LogP contribution in [-0.4, -0.2) is 28.6 Å². The Labute approximate surface area is 128 Å². The summed E-state index contributed by atoms with van der Waals surface area (Å²) < 4.78 is 13.7. The van der Waals surface area contributed by atoms with Gasteiger partial charge < -0.3 is 19.2 Å². The maximum atomic E-state index is 5.93. The smallest absolute Gasteiger partial charge is 0.161 e. The number of nitrogens with zero attached hydrogens (tertiary/aromatic N) is 2. The van der Waals surface area contributed by atoms with Gasteiger partial charge in [-0.25, -0.2) is 4.98 Å². The second kappa shape index (κ2) is 5.69. The molecule has 22 heavy (non-hydrogen) atoms. The van der Waals surface area contributed by atoms with E-state index in [1.165, 1.54) is 0 Å². The summed E-state index contributed by atoms with van der Waals surface area (Å²) in [6.45, 7) is 2.04. The molecule has 1 unspecified atom stereocenters. The predicted octanol–water partition coefficient (Wildman–Crippen LogP) is 2.26. The van der Waals surface area contributed by atoms with E-state index in [1.807, 2.05) is 54.9 Å². The largest absolute Gasteiger partial charge is 0.486 e. The summed E-state index contributed by atoms with van der Waals surface area (Å²) >= 11 is 0. The van der Waals surface area contributed by atoms with Gasteiger partial charge in [-0.1, -0.05) is 18.2 Å². The number of rotatable bonds is 4. The van der Waals surface area contributed by atoms with Crippen LogP contribution < -0.4 is 14.8 Å². The van der Waals surface area contributed by atoms with Crippen molar-refractivity contribution in [2.75, 3.05) is 13.2 Å². The van der Waals surface area contributed by atoms with Gasteiger partial charge in [-0.15, -0.1) is 0 Å². The van der Waals surface area contributed by atoms with E-state index in [4.69, 9.17) is 9.47 Å². The normalized spacial score (nSPS) is 16.8. The lowest BCUT2D eigenvalue weighted by Gasteiger charge is -2.26. The first-order valence-electron chi connectivity index (χ1n) is 7.40. The number of hydrogen-bond acceptors (Lipinski definition) is 4. The van der Waals surface area contributed by atoms with E-state index in [1.54, 1.807) is 0 Å². The molecule has 5 heteroatoms. The number of aromatic nitrogens is 2. The minimum Gasteiger partial charge on any atom is -0.486 e. The SMILES string of the molecule is c1ccc2c(c1)OCC(CNCc1cnc3ccccn13)O2. The molecule has 0 radical (unpaired) electrons. The monoisotopic (exact) mass is 295 g/mol. The number of pyridine rings is 1. The van der Waals surface area contributed by atoms with Gasteiger partial charge >= 0.3 is 0 Å². The minimum atomic E-state index is 0.0223. The first-order valence-corrected chi connectivity index (χ1v) is 7.40. The second-order valence-electron chi connectivity index (χ2n) is 5.31. The molecule has 0 fully saturated rings. The van der Waals surface area contributed by atoms with E-state index in [9.17, 15) is 0 Å². The van der Waals surface area contributed by atoms with E-state index >= 15 is 0 Å². The van der Waals surface area contributed by atoms with E-state index in [2.05, 4.69) is 14.7 Å². The zero-order valence-corrected chi connectivity index (χ0v) is 12.1. The van der Waals surface area contributed by atoms with Crippen LogP contribution in [0.2, 0.25) is 0 Å². The van der Waals surface area contributed by atoms with Crippen LogP contribution in [0.15, 0.2) is 54.9 Å². The van der Waals surface area contributed by atoms with Gasteiger partial charge in [0.05, 0.1) is 11.9 Å². The molecule has 2 aromatic heterocycles. The number of fused-ring (bicyclic) bond motifs is 2. The molecule has 3 heterocycles. The molecule has 1 aromatic carbocycles. The first kappa shape index (κ1) is 13.2. The molecule has 0 amide bonds. The van der Waals surface area contributed by atoms with Gasteiger partial charge in [-0.2, -0.15) is 0 Å². The van der Waals surface area contributed by atoms with Crippen LogP contribution in [0.5, 0.6) is 11.5 Å². The van der Waals surface area contributed by atoms with Crippen LogP contribution in [0, 0.1) is 0 Å². The molecule has 1 aliphatic heterocycles. The zero-order valence-electron chi connectivity index (χ0n) is 12.1. The lowest BCUT2D eigenvalue weighted by atomic mass is 10.2. The summed E-state index contributed by atoms with van der Waals surface area (Å²) in [7, 11) is 0. The van der Waals surface area contributed by atoms with Crippen molar-refractivity contribution in [1.82, 2.24) is 14.7 Å². The van der Waals surface area contributed by atoms with Crippen LogP contribution in [0.4, 0.5) is 0 Å². The third kappa shape index (κ3) is 2.51. The maximum absolute atomic E-state index is 5.93. The van der Waals surface area contributed by atoms with Crippen molar-refractivity contribution in [2.45, 2.75) is 12.6 Å². The standard InChI is InChI=1S/C17H17N3O2/c1-2-6-16-15(5-1)21-12-14(22-16)11-18-9-13-10-19-17-7-3-4-8-20(13)17/h1-8,10,14,18H,9,11-12H2. The molecular weight excluding hydrogens is 278 g/mol. The van der Waals surface area contributed by atoms with Gasteiger partial charge in [0.15, 0.2) is 11.5 Å². The fraction of sp³-hybridized carbons (Fsp3) is 0.235. The second-order valence-corrected chi connectivity index (χ2v) is 5.31. The number of nitrogens with one attached hydrogen (secondary N) is 1. The van der Waals surface area contributed by atoms with Gasteiger partial charge in [0, 0.05) is 19.3 Å². The Hall–Kier alpha value is -2.53. The van der Waals surface area contributed by atoms with E-state index in [0.29, 0.717) is 6.61 Å². The molecule has 0 bridgehead atoms. The zero-order chi connectivity index (χ0) is 14.8. The molecule has 0 saturated carbocycles. The molecule has 112 valence electrons. The van der Waals surface area contributed by atoms with Crippen LogP contribution in [0.3, 0.4) is 0 Å². The van der Waals surface area contributed by atoms with Gasteiger partial charge in [0.25, 0.3) is 0 Å². The summed E-state index contributed by atoms with van der Waals surface area (Å²) in [5.41, 5.74) is 2.10. The summed E-state index contributed by atoms with van der Waals surface area (Å²) in [5, 5.41) is 3.41.